The number of phenols is 1. The molecule has 0 bridgehead atoms. The summed E-state index contributed by atoms with van der Waals surface area (Å²) < 4.78 is 11.2. The van der Waals surface area contributed by atoms with Crippen LogP contribution < -0.4 is 0 Å². The van der Waals surface area contributed by atoms with E-state index in [2.05, 4.69) is 4.94 Å². The lowest BCUT2D eigenvalue weighted by molar-refractivity contribution is -0.144. The number of phenolic OH excluding ortho intramolecular Hbond substituents is 1. The summed E-state index contributed by atoms with van der Waals surface area (Å²) in [4.78, 5) is 3.37. The standard InChI is InChI=1S/C7H7FO2/c8-10-5-6-2-1-3-7(9)4-6/h1-4,9H,5H2. The molecule has 0 aliphatic carbocycles. The molecule has 10 heavy (non-hydrogen) atoms. The van der Waals surface area contributed by atoms with Crippen molar-refractivity contribution in [3.8, 4) is 5.75 Å². The van der Waals surface area contributed by atoms with E-state index in [1.54, 1.807) is 12.1 Å². The lowest BCUT2D eigenvalue weighted by atomic mass is 10.2. The van der Waals surface area contributed by atoms with Crippen molar-refractivity contribution in [2.45, 2.75) is 6.61 Å². The fourth-order valence-corrected chi connectivity index (χ4v) is 0.709. The Morgan fingerprint density at radius 2 is 2.30 bits per heavy atom. The topological polar surface area (TPSA) is 29.5 Å². The first-order valence-corrected chi connectivity index (χ1v) is 2.84. The lowest BCUT2D eigenvalue weighted by Crippen LogP contribution is -1.82. The van der Waals surface area contributed by atoms with E-state index in [0.29, 0.717) is 5.56 Å². The van der Waals surface area contributed by atoms with E-state index in [1.807, 2.05) is 0 Å². The van der Waals surface area contributed by atoms with Crippen LogP contribution in [-0.2, 0) is 11.5 Å². The van der Waals surface area contributed by atoms with Crippen molar-refractivity contribution in [3.05, 3.63) is 29.8 Å². The Bertz CT molecular complexity index is 213. The summed E-state index contributed by atoms with van der Waals surface area (Å²) in [5.74, 6) is 0.120. The highest BCUT2D eigenvalue weighted by molar-refractivity contribution is 5.26. The van der Waals surface area contributed by atoms with Crippen LogP contribution in [0.5, 0.6) is 5.75 Å². The van der Waals surface area contributed by atoms with Crippen molar-refractivity contribution in [1.82, 2.24) is 0 Å². The molecule has 0 aliphatic rings. The maximum atomic E-state index is 11.2. The Labute approximate surface area is 57.8 Å². The molecule has 0 saturated carbocycles. The summed E-state index contributed by atoms with van der Waals surface area (Å²) in [6.07, 6.45) is 0. The van der Waals surface area contributed by atoms with Crippen molar-refractivity contribution in [3.63, 3.8) is 0 Å². The first-order valence-electron chi connectivity index (χ1n) is 2.84. The van der Waals surface area contributed by atoms with Gasteiger partial charge in [0.1, 0.15) is 12.4 Å². The quantitative estimate of drug-likeness (QED) is 0.682. The first-order chi connectivity index (χ1) is 4.83. The molecule has 0 aromatic heterocycles. The minimum atomic E-state index is -0.117. The van der Waals surface area contributed by atoms with Gasteiger partial charge in [0.2, 0.25) is 0 Å². The van der Waals surface area contributed by atoms with Crippen LogP contribution in [0.25, 0.3) is 0 Å². The van der Waals surface area contributed by atoms with Gasteiger partial charge in [-0.05, 0) is 22.2 Å². The van der Waals surface area contributed by atoms with E-state index in [-0.39, 0.29) is 12.4 Å². The van der Waals surface area contributed by atoms with Gasteiger partial charge in [-0.3, -0.25) is 0 Å². The van der Waals surface area contributed by atoms with Gasteiger partial charge >= 0.3 is 0 Å². The third-order valence-electron chi connectivity index (χ3n) is 1.13. The van der Waals surface area contributed by atoms with Gasteiger partial charge in [0.25, 0.3) is 0 Å². The van der Waals surface area contributed by atoms with Crippen LogP contribution in [0, 0.1) is 0 Å². The van der Waals surface area contributed by atoms with Crippen LogP contribution in [0.2, 0.25) is 0 Å². The van der Waals surface area contributed by atoms with Crippen LogP contribution in [0.1, 0.15) is 5.56 Å². The maximum Gasteiger partial charge on any atom is 0.115 e. The van der Waals surface area contributed by atoms with Crippen molar-refractivity contribution in [1.29, 1.82) is 0 Å². The lowest BCUT2D eigenvalue weighted by Gasteiger charge is -1.95. The Morgan fingerprint density at radius 1 is 1.50 bits per heavy atom. The molecule has 0 fully saturated rings. The summed E-state index contributed by atoms with van der Waals surface area (Å²) in [5.41, 5.74) is 0.613. The van der Waals surface area contributed by atoms with Gasteiger partial charge in [0, 0.05) is 0 Å². The van der Waals surface area contributed by atoms with Crippen LogP contribution in [-0.4, -0.2) is 5.11 Å². The summed E-state index contributed by atoms with van der Waals surface area (Å²) in [7, 11) is 0. The zero-order chi connectivity index (χ0) is 7.40. The summed E-state index contributed by atoms with van der Waals surface area (Å²) in [5, 5.41) is 8.86. The van der Waals surface area contributed by atoms with E-state index in [9.17, 15) is 4.53 Å². The smallest absolute Gasteiger partial charge is 0.115 e. The molecular weight excluding hydrogens is 135 g/mol. The van der Waals surface area contributed by atoms with Crippen molar-refractivity contribution >= 4 is 0 Å². The monoisotopic (exact) mass is 142 g/mol. The maximum absolute atomic E-state index is 11.2. The number of benzene rings is 1. The highest BCUT2D eigenvalue weighted by Gasteiger charge is 1.92. The van der Waals surface area contributed by atoms with Crippen molar-refractivity contribution < 1.29 is 14.6 Å². The fraction of sp³-hybridized carbons (Fsp3) is 0.143. The van der Waals surface area contributed by atoms with Crippen LogP contribution >= 0.6 is 0 Å². The molecule has 0 heterocycles. The summed E-state index contributed by atoms with van der Waals surface area (Å²) >= 11 is 0. The van der Waals surface area contributed by atoms with Gasteiger partial charge in [-0.1, -0.05) is 12.1 Å². The minimum Gasteiger partial charge on any atom is -0.508 e. The fourth-order valence-electron chi connectivity index (χ4n) is 0.709. The number of hydrogen-bond donors (Lipinski definition) is 1. The zero-order valence-electron chi connectivity index (χ0n) is 5.25. The number of aromatic hydroxyl groups is 1. The van der Waals surface area contributed by atoms with Crippen molar-refractivity contribution in [2.75, 3.05) is 0 Å². The van der Waals surface area contributed by atoms with Crippen LogP contribution in [0.15, 0.2) is 24.3 Å². The average molecular weight is 142 g/mol. The highest BCUT2D eigenvalue weighted by atomic mass is 19.3. The molecule has 1 aromatic carbocycles. The van der Waals surface area contributed by atoms with Gasteiger partial charge in [0.05, 0.1) is 0 Å². The van der Waals surface area contributed by atoms with Gasteiger partial charge in [-0.15, -0.1) is 0 Å². The molecule has 0 atom stereocenters. The molecule has 1 aromatic rings. The number of rotatable bonds is 2. The molecule has 1 N–H and O–H groups in total. The molecule has 1 rings (SSSR count). The predicted octanol–water partition coefficient (Wildman–Crippen LogP) is 1.79. The zero-order valence-corrected chi connectivity index (χ0v) is 5.25. The van der Waals surface area contributed by atoms with E-state index in [1.165, 1.54) is 12.1 Å². The Hall–Kier alpha value is -1.09. The number of hydrogen-bond acceptors (Lipinski definition) is 2. The van der Waals surface area contributed by atoms with E-state index < -0.39 is 0 Å². The molecule has 0 saturated heterocycles. The second kappa shape index (κ2) is 3.17. The van der Waals surface area contributed by atoms with E-state index in [4.69, 9.17) is 5.11 Å². The Kier molecular flexibility index (Phi) is 2.23. The van der Waals surface area contributed by atoms with Crippen molar-refractivity contribution in [2.24, 2.45) is 0 Å². The Balaban J connectivity index is 2.75. The predicted molar refractivity (Wildman–Crippen MR) is 34.0 cm³/mol. The SMILES string of the molecule is Oc1cccc(COF)c1. The van der Waals surface area contributed by atoms with E-state index in [0.717, 1.165) is 0 Å². The number of halogens is 1. The van der Waals surface area contributed by atoms with Crippen LogP contribution in [0.3, 0.4) is 0 Å². The third-order valence-corrected chi connectivity index (χ3v) is 1.13. The Morgan fingerprint density at radius 3 is 2.90 bits per heavy atom. The molecule has 0 spiro atoms. The van der Waals surface area contributed by atoms with Gasteiger partial charge < -0.3 is 5.11 Å². The molecule has 0 unspecified atom stereocenters. The molecule has 0 aliphatic heterocycles. The minimum absolute atomic E-state index is 0.117. The summed E-state index contributed by atoms with van der Waals surface area (Å²) in [6, 6.07) is 6.25. The average Bonchev–Trinajstić information content (AvgIpc) is 1.88. The van der Waals surface area contributed by atoms with Gasteiger partial charge in [-0.2, -0.15) is 4.94 Å². The summed E-state index contributed by atoms with van der Waals surface area (Å²) in [6.45, 7) is -0.117. The molecule has 0 amide bonds. The second-order valence-corrected chi connectivity index (χ2v) is 1.92. The molecular formula is C7H7FO2. The largest absolute Gasteiger partial charge is 0.508 e. The molecule has 0 radical (unpaired) electrons. The highest BCUT2D eigenvalue weighted by Crippen LogP contribution is 2.11. The van der Waals surface area contributed by atoms with E-state index >= 15 is 0 Å². The van der Waals surface area contributed by atoms with Gasteiger partial charge in [-0.25, -0.2) is 0 Å². The first kappa shape index (κ1) is 7.02. The second-order valence-electron chi connectivity index (χ2n) is 1.92. The van der Waals surface area contributed by atoms with Crippen LogP contribution in [0.4, 0.5) is 4.53 Å². The normalized spacial score (nSPS) is 9.70. The molecule has 3 heteroatoms. The third kappa shape index (κ3) is 1.70. The van der Waals surface area contributed by atoms with Gasteiger partial charge in [0.15, 0.2) is 0 Å². The molecule has 2 nitrogen and oxygen atoms in total. The molecule has 54 valence electrons.